The summed E-state index contributed by atoms with van der Waals surface area (Å²) in [7, 11) is 0. The summed E-state index contributed by atoms with van der Waals surface area (Å²) in [5.74, 6) is 1.65. The molecule has 0 saturated carbocycles. The quantitative estimate of drug-likeness (QED) is 0.867. The van der Waals surface area contributed by atoms with Gasteiger partial charge >= 0.3 is 0 Å². The van der Waals surface area contributed by atoms with Gasteiger partial charge in [-0.3, -0.25) is 4.79 Å². The largest absolute Gasteiger partial charge is 0.494 e. The Kier molecular flexibility index (Phi) is 5.62. The molecule has 116 valence electrons. The Balaban J connectivity index is 1.90. The number of carbonyl (C=O) groups excluding carboxylic acids is 1. The van der Waals surface area contributed by atoms with Crippen molar-refractivity contribution in [3.63, 3.8) is 0 Å². The number of hydrogen-bond acceptors (Lipinski definition) is 2. The zero-order chi connectivity index (χ0) is 15.2. The van der Waals surface area contributed by atoms with Crippen molar-refractivity contribution < 1.29 is 14.4 Å². The highest BCUT2D eigenvalue weighted by atomic mass is 16.5. The fourth-order valence-corrected chi connectivity index (χ4v) is 2.96. The van der Waals surface area contributed by atoms with Crippen LogP contribution in [-0.4, -0.2) is 31.6 Å². The zero-order valence-electron chi connectivity index (χ0n) is 13.3. The number of quaternary nitrogens is 1. The molecule has 0 bridgehead atoms. The van der Waals surface area contributed by atoms with Crippen molar-refractivity contribution >= 4 is 11.6 Å². The highest BCUT2D eigenvalue weighted by molar-refractivity contribution is 5.93. The third-order valence-electron chi connectivity index (χ3n) is 4.24. The van der Waals surface area contributed by atoms with Crippen molar-refractivity contribution in [2.75, 3.05) is 25.0 Å². The SMILES string of the molecule is CCOc1ccc(NC(=O)[C@H](C)[NH+]2CCC[C@H](C)C2)cc1. The van der Waals surface area contributed by atoms with Crippen molar-refractivity contribution in [2.24, 2.45) is 5.92 Å². The van der Waals surface area contributed by atoms with Gasteiger partial charge in [0.25, 0.3) is 5.91 Å². The van der Waals surface area contributed by atoms with E-state index in [0.717, 1.165) is 30.4 Å². The van der Waals surface area contributed by atoms with Crippen LogP contribution in [0.1, 0.15) is 33.6 Å². The molecule has 0 aromatic heterocycles. The molecule has 1 amide bonds. The number of amides is 1. The lowest BCUT2D eigenvalue weighted by Crippen LogP contribution is -3.17. The first-order valence-corrected chi connectivity index (χ1v) is 7.98. The van der Waals surface area contributed by atoms with Crippen molar-refractivity contribution in [3.05, 3.63) is 24.3 Å². The highest BCUT2D eigenvalue weighted by Gasteiger charge is 2.29. The molecular weight excluding hydrogens is 264 g/mol. The third kappa shape index (κ3) is 4.46. The van der Waals surface area contributed by atoms with Gasteiger partial charge in [0.15, 0.2) is 6.04 Å². The maximum atomic E-state index is 12.4. The monoisotopic (exact) mass is 291 g/mol. The van der Waals surface area contributed by atoms with Gasteiger partial charge in [-0.25, -0.2) is 0 Å². The van der Waals surface area contributed by atoms with Crippen molar-refractivity contribution in [1.29, 1.82) is 0 Å². The number of piperidine rings is 1. The van der Waals surface area contributed by atoms with E-state index in [1.54, 1.807) is 0 Å². The summed E-state index contributed by atoms with van der Waals surface area (Å²) in [4.78, 5) is 13.8. The van der Waals surface area contributed by atoms with E-state index >= 15 is 0 Å². The van der Waals surface area contributed by atoms with Crippen molar-refractivity contribution in [2.45, 2.75) is 39.7 Å². The lowest BCUT2D eigenvalue weighted by Gasteiger charge is -2.31. The topological polar surface area (TPSA) is 42.8 Å². The second kappa shape index (κ2) is 7.46. The molecule has 2 N–H and O–H groups in total. The minimum Gasteiger partial charge on any atom is -0.494 e. The molecule has 0 spiro atoms. The van der Waals surface area contributed by atoms with Crippen LogP contribution in [0.5, 0.6) is 5.75 Å². The van der Waals surface area contributed by atoms with Crippen LogP contribution >= 0.6 is 0 Å². The number of likely N-dealkylation sites (tertiary alicyclic amines) is 1. The molecule has 1 saturated heterocycles. The summed E-state index contributed by atoms with van der Waals surface area (Å²) in [6.45, 7) is 9.10. The molecule has 2 rings (SSSR count). The van der Waals surface area contributed by atoms with Gasteiger partial charge in [-0.1, -0.05) is 6.92 Å². The first kappa shape index (κ1) is 15.8. The molecular formula is C17H27N2O2+. The van der Waals surface area contributed by atoms with Crippen LogP contribution in [0.3, 0.4) is 0 Å². The van der Waals surface area contributed by atoms with Crippen LogP contribution in [0.2, 0.25) is 0 Å². The average Bonchev–Trinajstić information content (AvgIpc) is 2.48. The summed E-state index contributed by atoms with van der Waals surface area (Å²) in [5, 5.41) is 3.01. The van der Waals surface area contributed by atoms with Gasteiger partial charge < -0.3 is 15.0 Å². The van der Waals surface area contributed by atoms with Gasteiger partial charge in [0.2, 0.25) is 0 Å². The number of anilines is 1. The second-order valence-corrected chi connectivity index (χ2v) is 6.03. The second-order valence-electron chi connectivity index (χ2n) is 6.03. The summed E-state index contributed by atoms with van der Waals surface area (Å²) in [5.41, 5.74) is 0.833. The van der Waals surface area contributed by atoms with Gasteiger partial charge in [0.1, 0.15) is 5.75 Å². The number of carbonyl (C=O) groups is 1. The van der Waals surface area contributed by atoms with Gasteiger partial charge in [0, 0.05) is 11.6 Å². The number of nitrogens with one attached hydrogen (secondary N) is 2. The Morgan fingerprint density at radius 2 is 2.14 bits per heavy atom. The van der Waals surface area contributed by atoms with E-state index in [4.69, 9.17) is 4.74 Å². The molecule has 1 fully saturated rings. The Labute approximate surface area is 127 Å². The molecule has 1 aliphatic heterocycles. The van der Waals surface area contributed by atoms with Crippen LogP contribution in [0.25, 0.3) is 0 Å². The summed E-state index contributed by atoms with van der Waals surface area (Å²) in [6, 6.07) is 7.56. The molecule has 1 unspecified atom stereocenters. The van der Waals surface area contributed by atoms with Gasteiger partial charge in [0.05, 0.1) is 19.7 Å². The van der Waals surface area contributed by atoms with Crippen LogP contribution in [0.15, 0.2) is 24.3 Å². The molecule has 4 nitrogen and oxygen atoms in total. The fourth-order valence-electron chi connectivity index (χ4n) is 2.96. The number of benzene rings is 1. The Hall–Kier alpha value is -1.55. The molecule has 0 radical (unpaired) electrons. The zero-order valence-corrected chi connectivity index (χ0v) is 13.3. The maximum Gasteiger partial charge on any atom is 0.282 e. The van der Waals surface area contributed by atoms with Gasteiger partial charge in [-0.05, 0) is 51.0 Å². The van der Waals surface area contributed by atoms with E-state index in [1.807, 2.05) is 38.1 Å². The van der Waals surface area contributed by atoms with Crippen LogP contribution in [0.4, 0.5) is 5.69 Å². The van der Waals surface area contributed by atoms with E-state index < -0.39 is 0 Å². The molecule has 0 aliphatic carbocycles. The van der Waals surface area contributed by atoms with E-state index in [0.29, 0.717) is 6.61 Å². The average molecular weight is 291 g/mol. The lowest BCUT2D eigenvalue weighted by atomic mass is 9.99. The fraction of sp³-hybridized carbons (Fsp3) is 0.588. The molecule has 21 heavy (non-hydrogen) atoms. The maximum absolute atomic E-state index is 12.4. The molecule has 1 heterocycles. The first-order valence-electron chi connectivity index (χ1n) is 7.98. The Morgan fingerprint density at radius 3 is 2.76 bits per heavy atom. The van der Waals surface area contributed by atoms with E-state index in [1.165, 1.54) is 17.7 Å². The number of rotatable bonds is 5. The normalized spacial score (nSPS) is 23.4. The van der Waals surface area contributed by atoms with E-state index in [2.05, 4.69) is 12.2 Å². The van der Waals surface area contributed by atoms with Crippen molar-refractivity contribution in [1.82, 2.24) is 0 Å². The highest BCUT2D eigenvalue weighted by Crippen LogP contribution is 2.15. The van der Waals surface area contributed by atoms with Crippen molar-refractivity contribution in [3.8, 4) is 5.75 Å². The summed E-state index contributed by atoms with van der Waals surface area (Å²) in [6.07, 6.45) is 2.51. The lowest BCUT2D eigenvalue weighted by molar-refractivity contribution is -0.922. The smallest absolute Gasteiger partial charge is 0.282 e. The predicted octanol–water partition coefficient (Wildman–Crippen LogP) is 1.73. The third-order valence-corrected chi connectivity index (χ3v) is 4.24. The van der Waals surface area contributed by atoms with E-state index in [9.17, 15) is 4.79 Å². The summed E-state index contributed by atoms with van der Waals surface area (Å²) < 4.78 is 5.40. The predicted molar refractivity (Wildman–Crippen MR) is 84.8 cm³/mol. The molecule has 1 aliphatic rings. The van der Waals surface area contributed by atoms with Gasteiger partial charge in [-0.15, -0.1) is 0 Å². The Morgan fingerprint density at radius 1 is 1.43 bits per heavy atom. The molecule has 3 atom stereocenters. The number of hydrogen-bond donors (Lipinski definition) is 2. The standard InChI is InChI=1S/C17H26N2O2/c1-4-21-16-9-7-15(8-10-16)18-17(20)14(3)19-11-5-6-13(2)12-19/h7-10,13-14H,4-6,11-12H2,1-3H3,(H,18,20)/p+1/t13-,14-/m0/s1. The minimum absolute atomic E-state index is 0.000631. The van der Waals surface area contributed by atoms with E-state index in [-0.39, 0.29) is 11.9 Å². The van der Waals surface area contributed by atoms with Crippen LogP contribution < -0.4 is 15.0 Å². The molecule has 4 heteroatoms. The van der Waals surface area contributed by atoms with Crippen LogP contribution in [-0.2, 0) is 4.79 Å². The molecule has 1 aromatic carbocycles. The van der Waals surface area contributed by atoms with Gasteiger partial charge in [-0.2, -0.15) is 0 Å². The molecule has 1 aromatic rings. The summed E-state index contributed by atoms with van der Waals surface area (Å²) >= 11 is 0. The first-order chi connectivity index (χ1) is 10.1. The Bertz CT molecular complexity index is 458. The van der Waals surface area contributed by atoms with Crippen LogP contribution in [0, 0.1) is 5.92 Å². The minimum atomic E-state index is -0.000631. The number of ether oxygens (including phenoxy) is 1.